The van der Waals surface area contributed by atoms with Gasteiger partial charge >= 0.3 is 24.2 Å². The Labute approximate surface area is 260 Å². The van der Waals surface area contributed by atoms with E-state index in [1.807, 2.05) is 24.3 Å². The highest BCUT2D eigenvalue weighted by atomic mass is 35.5. The molecule has 1 amide bonds. The number of halogens is 2. The largest absolute Gasteiger partial charge is 0.506 e. The number of carbonyl (C=O) groups is 5. The molecule has 1 aliphatic carbocycles. The summed E-state index contributed by atoms with van der Waals surface area (Å²) in [6.07, 6.45) is -7.82. The third-order valence-electron chi connectivity index (χ3n) is 7.26. The lowest BCUT2D eigenvalue weighted by Crippen LogP contribution is -2.67. The van der Waals surface area contributed by atoms with Crippen molar-refractivity contribution in [2.75, 3.05) is 7.11 Å². The molecule has 3 N–H and O–H groups in total. The molecule has 1 aliphatic rings. The van der Waals surface area contributed by atoms with Gasteiger partial charge in [0.25, 0.3) is 0 Å². The molecule has 3 aromatic rings. The second-order valence-corrected chi connectivity index (χ2v) is 10.8. The van der Waals surface area contributed by atoms with E-state index in [-0.39, 0.29) is 17.0 Å². The van der Waals surface area contributed by atoms with Crippen molar-refractivity contribution in [3.8, 4) is 0 Å². The van der Waals surface area contributed by atoms with Crippen molar-refractivity contribution in [3.05, 3.63) is 81.8 Å². The molecule has 0 aromatic heterocycles. The van der Waals surface area contributed by atoms with Crippen LogP contribution in [-0.4, -0.2) is 71.8 Å². The highest BCUT2D eigenvalue weighted by molar-refractivity contribution is 6.42. The fourth-order valence-corrected chi connectivity index (χ4v) is 5.39. The van der Waals surface area contributed by atoms with Crippen molar-refractivity contribution in [2.45, 2.75) is 37.7 Å². The SMILES string of the molecule is COC(=O)[C@H]1[C@@H](OC(=O)O)[C@@H](OC(=O)O)[C@@H]1C(=O)N[C@@H](C)[C@@H](Cc1ccc(Cl)c(Cl)c1)OC(=O)c1ccc2ccccc2c1. The summed E-state index contributed by atoms with van der Waals surface area (Å²) >= 11 is 12.2. The molecule has 6 atom stereocenters. The lowest BCUT2D eigenvalue weighted by atomic mass is 9.67. The van der Waals surface area contributed by atoms with Gasteiger partial charge in [0, 0.05) is 6.42 Å². The topological polar surface area (TPSA) is 175 Å². The molecule has 4 rings (SSSR count). The summed E-state index contributed by atoms with van der Waals surface area (Å²) in [6.45, 7) is 1.54. The van der Waals surface area contributed by atoms with Crippen LogP contribution in [0.15, 0.2) is 60.7 Å². The van der Waals surface area contributed by atoms with Gasteiger partial charge in [-0.1, -0.05) is 59.6 Å². The highest BCUT2D eigenvalue weighted by Crippen LogP contribution is 2.41. The standard InChI is InChI=1S/C30H27Cl2NO11/c1-14(33-26(34)22-23(28(36)41-2)25(44-30(39)40)24(22)43-29(37)38)21(12-15-7-10-19(31)20(32)11-15)42-27(35)18-9-8-16-5-3-4-6-17(16)13-18/h3-11,13-14,21-25H,12H2,1-2H3,(H,33,34)(H,37,38)(H,39,40)/t14-,21+,22+,23+,24-,25+/m0/s1. The number of methoxy groups -OCH3 is 1. The number of rotatable bonds is 10. The number of amides is 1. The van der Waals surface area contributed by atoms with E-state index >= 15 is 0 Å². The molecular weight excluding hydrogens is 621 g/mol. The number of fused-ring (bicyclic) bond motifs is 1. The Balaban J connectivity index is 1.60. The molecule has 0 unspecified atom stereocenters. The van der Waals surface area contributed by atoms with Crippen LogP contribution in [0.3, 0.4) is 0 Å². The molecule has 0 bridgehead atoms. The predicted molar refractivity (Wildman–Crippen MR) is 156 cm³/mol. The molecule has 44 heavy (non-hydrogen) atoms. The first-order chi connectivity index (χ1) is 20.9. The number of hydrogen-bond acceptors (Lipinski definition) is 9. The van der Waals surface area contributed by atoms with Crippen LogP contribution < -0.4 is 5.32 Å². The van der Waals surface area contributed by atoms with Crippen molar-refractivity contribution in [1.29, 1.82) is 0 Å². The Morgan fingerprint density at radius 1 is 0.841 bits per heavy atom. The quantitative estimate of drug-likeness (QED) is 0.200. The van der Waals surface area contributed by atoms with Crippen LogP contribution in [0, 0.1) is 11.8 Å². The van der Waals surface area contributed by atoms with Gasteiger partial charge in [0.15, 0.2) is 12.2 Å². The van der Waals surface area contributed by atoms with E-state index in [0.717, 1.165) is 17.9 Å². The summed E-state index contributed by atoms with van der Waals surface area (Å²) in [5.41, 5.74) is 0.879. The van der Waals surface area contributed by atoms with E-state index < -0.39 is 66.3 Å². The number of esters is 2. The lowest BCUT2D eigenvalue weighted by molar-refractivity contribution is -0.198. The number of nitrogens with one attached hydrogen (secondary N) is 1. The van der Waals surface area contributed by atoms with Crippen molar-refractivity contribution < 1.29 is 53.1 Å². The fourth-order valence-electron chi connectivity index (χ4n) is 5.07. The molecule has 0 heterocycles. The summed E-state index contributed by atoms with van der Waals surface area (Å²) in [4.78, 5) is 61.8. The van der Waals surface area contributed by atoms with Gasteiger partial charge < -0.3 is 34.5 Å². The average Bonchev–Trinajstić information content (AvgIpc) is 2.98. The first-order valence-corrected chi connectivity index (χ1v) is 14.0. The van der Waals surface area contributed by atoms with E-state index in [4.69, 9.17) is 42.5 Å². The molecule has 0 radical (unpaired) electrons. The van der Waals surface area contributed by atoms with E-state index in [9.17, 15) is 29.1 Å². The maximum Gasteiger partial charge on any atom is 0.506 e. The maximum absolute atomic E-state index is 13.5. The monoisotopic (exact) mass is 647 g/mol. The smallest absolute Gasteiger partial charge is 0.469 e. The molecule has 1 saturated carbocycles. The van der Waals surface area contributed by atoms with Gasteiger partial charge in [-0.3, -0.25) is 9.59 Å². The average molecular weight is 648 g/mol. The highest BCUT2D eigenvalue weighted by Gasteiger charge is 2.63. The molecular formula is C30H27Cl2NO11. The predicted octanol–water partition coefficient (Wildman–Crippen LogP) is 4.96. The lowest BCUT2D eigenvalue weighted by Gasteiger charge is -2.46. The van der Waals surface area contributed by atoms with Gasteiger partial charge in [0.1, 0.15) is 12.0 Å². The Morgan fingerprint density at radius 3 is 2.09 bits per heavy atom. The van der Waals surface area contributed by atoms with E-state index in [1.165, 1.54) is 6.92 Å². The molecule has 12 nitrogen and oxygen atoms in total. The normalized spacial score (nSPS) is 20.4. The Bertz CT molecular complexity index is 1600. The summed E-state index contributed by atoms with van der Waals surface area (Å²) < 4.78 is 19.9. The molecule has 232 valence electrons. The molecule has 14 heteroatoms. The second-order valence-electron chi connectivity index (χ2n) is 10.0. The van der Waals surface area contributed by atoms with E-state index in [1.54, 1.807) is 36.4 Å². The summed E-state index contributed by atoms with van der Waals surface area (Å²) in [6, 6.07) is 16.4. The molecule has 0 spiro atoms. The van der Waals surface area contributed by atoms with Gasteiger partial charge in [-0.2, -0.15) is 0 Å². The van der Waals surface area contributed by atoms with Gasteiger partial charge in [-0.15, -0.1) is 0 Å². The maximum atomic E-state index is 13.5. The summed E-state index contributed by atoms with van der Waals surface area (Å²) in [5.74, 6) is -5.58. The summed E-state index contributed by atoms with van der Waals surface area (Å²) in [7, 11) is 1.02. The minimum atomic E-state index is -1.81. The van der Waals surface area contributed by atoms with Crippen LogP contribution in [0.1, 0.15) is 22.8 Å². The van der Waals surface area contributed by atoms with Crippen LogP contribution in [0.5, 0.6) is 0 Å². The van der Waals surface area contributed by atoms with Crippen molar-refractivity contribution in [3.63, 3.8) is 0 Å². The first-order valence-electron chi connectivity index (χ1n) is 13.2. The summed E-state index contributed by atoms with van der Waals surface area (Å²) in [5, 5.41) is 23.2. The minimum Gasteiger partial charge on any atom is -0.469 e. The fraction of sp³-hybridized carbons (Fsp3) is 0.300. The first kappa shape index (κ1) is 32.4. The van der Waals surface area contributed by atoms with Crippen molar-refractivity contribution in [2.24, 2.45) is 11.8 Å². The number of carbonyl (C=O) groups excluding carboxylic acids is 3. The number of ether oxygens (including phenoxy) is 4. The van der Waals surface area contributed by atoms with Crippen LogP contribution in [0.4, 0.5) is 9.59 Å². The van der Waals surface area contributed by atoms with Gasteiger partial charge in [0.2, 0.25) is 5.91 Å². The van der Waals surface area contributed by atoms with Crippen molar-refractivity contribution >= 4 is 64.1 Å². The van der Waals surface area contributed by atoms with E-state index in [0.29, 0.717) is 10.6 Å². The number of carboxylic acid groups (broad SMARTS) is 2. The Kier molecular flexibility index (Phi) is 10.2. The molecule has 1 fully saturated rings. The zero-order valence-corrected chi connectivity index (χ0v) is 24.8. The number of hydrogen-bond donors (Lipinski definition) is 3. The third kappa shape index (κ3) is 7.32. The minimum absolute atomic E-state index is 0.0720. The van der Waals surface area contributed by atoms with Crippen LogP contribution in [0.2, 0.25) is 10.0 Å². The van der Waals surface area contributed by atoms with Gasteiger partial charge in [0.05, 0.1) is 34.7 Å². The molecule has 3 aromatic carbocycles. The van der Waals surface area contributed by atoms with Crippen LogP contribution >= 0.6 is 23.2 Å². The van der Waals surface area contributed by atoms with Crippen LogP contribution in [0.25, 0.3) is 10.8 Å². The Hall–Kier alpha value is -4.55. The van der Waals surface area contributed by atoms with Crippen molar-refractivity contribution in [1.82, 2.24) is 5.32 Å². The van der Waals surface area contributed by atoms with Gasteiger partial charge in [-0.25, -0.2) is 14.4 Å². The third-order valence-corrected chi connectivity index (χ3v) is 8.00. The van der Waals surface area contributed by atoms with Crippen LogP contribution in [-0.2, 0) is 35.0 Å². The van der Waals surface area contributed by atoms with E-state index in [2.05, 4.69) is 10.1 Å². The molecule has 0 saturated heterocycles. The Morgan fingerprint density at radius 2 is 1.48 bits per heavy atom. The second kappa shape index (κ2) is 13.8. The zero-order valence-electron chi connectivity index (χ0n) is 23.3. The zero-order chi connectivity index (χ0) is 32.1. The van der Waals surface area contributed by atoms with Gasteiger partial charge in [-0.05, 0) is 47.5 Å². The molecule has 0 aliphatic heterocycles. The number of benzene rings is 3.